The molecule has 0 fully saturated rings. The second kappa shape index (κ2) is 4.91. The molecule has 0 radical (unpaired) electrons. The molecule has 0 bridgehead atoms. The highest BCUT2D eigenvalue weighted by atomic mass is 19.4. The van der Waals surface area contributed by atoms with E-state index in [1.807, 2.05) is 29.7 Å². The number of aryl methyl sites for hydroxylation is 1. The molecular formula is C16H13F3N2. The zero-order valence-corrected chi connectivity index (χ0v) is 11.4. The smallest absolute Gasteiger partial charge is 0.303 e. The molecule has 0 amide bonds. The van der Waals surface area contributed by atoms with Crippen LogP contribution in [-0.2, 0) is 12.6 Å². The molecule has 0 spiro atoms. The van der Waals surface area contributed by atoms with Crippen LogP contribution in [0, 0.1) is 6.92 Å². The maximum absolute atomic E-state index is 13.0. The molecule has 2 nitrogen and oxygen atoms in total. The van der Waals surface area contributed by atoms with Gasteiger partial charge in [-0.2, -0.15) is 13.2 Å². The molecule has 3 rings (SSSR count). The van der Waals surface area contributed by atoms with E-state index in [0.717, 1.165) is 17.1 Å². The second-order valence-corrected chi connectivity index (χ2v) is 4.95. The van der Waals surface area contributed by atoms with Crippen molar-refractivity contribution in [1.82, 2.24) is 9.38 Å². The normalized spacial score (nSPS) is 12.0. The topological polar surface area (TPSA) is 17.3 Å². The summed E-state index contributed by atoms with van der Waals surface area (Å²) in [5.74, 6) is 0.602. The van der Waals surface area contributed by atoms with Gasteiger partial charge >= 0.3 is 6.18 Å². The minimum atomic E-state index is -4.35. The first-order valence-corrected chi connectivity index (χ1v) is 6.53. The van der Waals surface area contributed by atoms with Gasteiger partial charge in [-0.05, 0) is 30.2 Å². The third kappa shape index (κ3) is 2.51. The minimum absolute atomic E-state index is 0.146. The Morgan fingerprint density at radius 2 is 1.86 bits per heavy atom. The summed E-state index contributed by atoms with van der Waals surface area (Å²) in [6, 6.07) is 9.44. The lowest BCUT2D eigenvalue weighted by atomic mass is 10.0. The van der Waals surface area contributed by atoms with Gasteiger partial charge < -0.3 is 4.40 Å². The molecule has 108 valence electrons. The van der Waals surface area contributed by atoms with Crippen LogP contribution >= 0.6 is 0 Å². The number of imidazole rings is 1. The maximum Gasteiger partial charge on any atom is 0.416 e. The Morgan fingerprint density at radius 3 is 2.62 bits per heavy atom. The van der Waals surface area contributed by atoms with E-state index >= 15 is 0 Å². The number of halogens is 3. The van der Waals surface area contributed by atoms with Gasteiger partial charge in [0, 0.05) is 12.6 Å². The second-order valence-electron chi connectivity index (χ2n) is 4.95. The van der Waals surface area contributed by atoms with Crippen LogP contribution in [0.15, 0.2) is 48.8 Å². The van der Waals surface area contributed by atoms with Crippen molar-refractivity contribution in [3.63, 3.8) is 0 Å². The molecule has 0 N–H and O–H groups in total. The molecule has 0 aliphatic rings. The maximum atomic E-state index is 13.0. The Bertz CT molecular complexity index is 788. The monoisotopic (exact) mass is 290 g/mol. The fourth-order valence-electron chi connectivity index (χ4n) is 2.47. The molecule has 0 aliphatic carbocycles. The summed E-state index contributed by atoms with van der Waals surface area (Å²) >= 11 is 0. The van der Waals surface area contributed by atoms with Crippen LogP contribution in [-0.4, -0.2) is 9.38 Å². The number of fused-ring (bicyclic) bond motifs is 1. The average molecular weight is 290 g/mol. The van der Waals surface area contributed by atoms with E-state index in [1.54, 1.807) is 12.3 Å². The minimum Gasteiger partial charge on any atom is -0.303 e. The predicted octanol–water partition coefficient (Wildman–Crippen LogP) is 4.25. The molecule has 2 heterocycles. The van der Waals surface area contributed by atoms with E-state index in [1.165, 1.54) is 12.1 Å². The lowest BCUT2D eigenvalue weighted by Crippen LogP contribution is -2.10. The van der Waals surface area contributed by atoms with Crippen molar-refractivity contribution in [2.75, 3.05) is 0 Å². The zero-order chi connectivity index (χ0) is 15.0. The van der Waals surface area contributed by atoms with E-state index in [-0.39, 0.29) is 12.0 Å². The Balaban J connectivity index is 2.06. The molecule has 5 heteroatoms. The number of hydrogen-bond donors (Lipinski definition) is 0. The molecule has 0 saturated carbocycles. The van der Waals surface area contributed by atoms with E-state index in [4.69, 9.17) is 0 Å². The van der Waals surface area contributed by atoms with E-state index in [2.05, 4.69) is 4.98 Å². The Morgan fingerprint density at radius 1 is 1.10 bits per heavy atom. The highest BCUT2D eigenvalue weighted by Gasteiger charge is 2.33. The largest absolute Gasteiger partial charge is 0.416 e. The van der Waals surface area contributed by atoms with Crippen molar-refractivity contribution in [1.29, 1.82) is 0 Å². The summed E-state index contributed by atoms with van der Waals surface area (Å²) < 4.78 is 40.9. The van der Waals surface area contributed by atoms with Crippen molar-refractivity contribution in [3.05, 3.63) is 71.3 Å². The van der Waals surface area contributed by atoms with Crippen molar-refractivity contribution in [2.24, 2.45) is 0 Å². The number of aromatic nitrogens is 2. The number of alkyl halides is 3. The van der Waals surface area contributed by atoms with Gasteiger partial charge in [-0.25, -0.2) is 4.98 Å². The summed E-state index contributed by atoms with van der Waals surface area (Å²) in [5, 5.41) is 0. The molecule has 0 unspecified atom stereocenters. The Kier molecular flexibility index (Phi) is 3.20. The molecule has 2 aromatic heterocycles. The van der Waals surface area contributed by atoms with Crippen LogP contribution in [0.25, 0.3) is 5.52 Å². The number of pyridine rings is 1. The lowest BCUT2D eigenvalue weighted by molar-refractivity contribution is -0.138. The highest BCUT2D eigenvalue weighted by Crippen LogP contribution is 2.32. The van der Waals surface area contributed by atoms with Crippen LogP contribution in [0.4, 0.5) is 13.2 Å². The molecule has 21 heavy (non-hydrogen) atoms. The Hall–Kier alpha value is -2.30. The number of benzene rings is 1. The van der Waals surface area contributed by atoms with Crippen LogP contribution in [0.1, 0.15) is 22.5 Å². The Labute approximate surface area is 119 Å². The molecule has 3 aromatic rings. The van der Waals surface area contributed by atoms with Crippen molar-refractivity contribution in [2.45, 2.75) is 19.5 Å². The fourth-order valence-corrected chi connectivity index (χ4v) is 2.47. The summed E-state index contributed by atoms with van der Waals surface area (Å²) in [6.45, 7) is 1.95. The van der Waals surface area contributed by atoms with Gasteiger partial charge in [0.05, 0.1) is 17.3 Å². The number of hydrogen-bond acceptors (Lipinski definition) is 1. The summed E-state index contributed by atoms with van der Waals surface area (Å²) in [4.78, 5) is 4.27. The van der Waals surface area contributed by atoms with Gasteiger partial charge in [-0.1, -0.05) is 24.3 Å². The molecule has 0 saturated heterocycles. The molecular weight excluding hydrogens is 277 g/mol. The molecule has 0 aliphatic heterocycles. The average Bonchev–Trinajstić information content (AvgIpc) is 2.83. The molecule has 0 atom stereocenters. The van der Waals surface area contributed by atoms with Crippen LogP contribution in [0.2, 0.25) is 0 Å². The van der Waals surface area contributed by atoms with Crippen molar-refractivity contribution in [3.8, 4) is 0 Å². The van der Waals surface area contributed by atoms with Crippen molar-refractivity contribution < 1.29 is 13.2 Å². The lowest BCUT2D eigenvalue weighted by Gasteiger charge is -2.12. The van der Waals surface area contributed by atoms with Gasteiger partial charge in [0.2, 0.25) is 0 Å². The van der Waals surface area contributed by atoms with Gasteiger partial charge in [0.1, 0.15) is 5.82 Å². The third-order valence-electron chi connectivity index (χ3n) is 3.53. The SMILES string of the molecule is Cc1cccn2c(Cc3ccccc3C(F)(F)F)ncc12. The molecule has 1 aromatic carbocycles. The predicted molar refractivity (Wildman–Crippen MR) is 74.2 cm³/mol. The third-order valence-corrected chi connectivity index (χ3v) is 3.53. The van der Waals surface area contributed by atoms with Gasteiger partial charge in [-0.3, -0.25) is 0 Å². The van der Waals surface area contributed by atoms with Crippen LogP contribution in [0.3, 0.4) is 0 Å². The highest BCUT2D eigenvalue weighted by molar-refractivity contribution is 5.53. The van der Waals surface area contributed by atoms with E-state index < -0.39 is 11.7 Å². The first kappa shape index (κ1) is 13.7. The zero-order valence-electron chi connectivity index (χ0n) is 11.4. The van der Waals surface area contributed by atoms with Crippen LogP contribution in [0.5, 0.6) is 0 Å². The first-order chi connectivity index (χ1) is 9.97. The number of rotatable bonds is 2. The van der Waals surface area contributed by atoms with Gasteiger partial charge in [0.15, 0.2) is 0 Å². The quantitative estimate of drug-likeness (QED) is 0.689. The first-order valence-electron chi connectivity index (χ1n) is 6.53. The van der Waals surface area contributed by atoms with Crippen LogP contribution < -0.4 is 0 Å². The number of nitrogens with zero attached hydrogens (tertiary/aromatic N) is 2. The summed E-state index contributed by atoms with van der Waals surface area (Å²) in [6.07, 6.45) is -0.686. The summed E-state index contributed by atoms with van der Waals surface area (Å²) in [5.41, 5.74) is 1.59. The van der Waals surface area contributed by atoms with Crippen molar-refractivity contribution >= 4 is 5.52 Å². The standard InChI is InChI=1S/C16H13F3N2/c1-11-5-4-8-21-14(11)10-20-15(21)9-12-6-2-3-7-13(12)16(17,18)19/h2-8,10H,9H2,1H3. The fraction of sp³-hybridized carbons (Fsp3) is 0.188. The van der Waals surface area contributed by atoms with Gasteiger partial charge in [-0.15, -0.1) is 0 Å². The van der Waals surface area contributed by atoms with E-state index in [9.17, 15) is 13.2 Å². The summed E-state index contributed by atoms with van der Waals surface area (Å²) in [7, 11) is 0. The van der Waals surface area contributed by atoms with Gasteiger partial charge in [0.25, 0.3) is 0 Å². The van der Waals surface area contributed by atoms with E-state index in [0.29, 0.717) is 5.82 Å².